The molecule has 0 bridgehead atoms. The molecule has 4 aromatic rings. The Bertz CT molecular complexity index is 1250. The molecular formula is C22H19N3O4. The van der Waals surface area contributed by atoms with Crippen LogP contribution in [0.1, 0.15) is 6.42 Å². The maximum Gasteiger partial charge on any atom is 0.420 e. The second-order valence-electron chi connectivity index (χ2n) is 7.12. The fraction of sp³-hybridized carbons (Fsp3) is 0.227. The number of fused-ring (bicyclic) bond motifs is 2. The van der Waals surface area contributed by atoms with Crippen LogP contribution >= 0.6 is 0 Å². The number of ether oxygens (including phenoxy) is 1. The average Bonchev–Trinajstić information content (AvgIpc) is 3.33. The Morgan fingerprint density at radius 1 is 1.14 bits per heavy atom. The Balaban J connectivity index is 1.30. The first-order valence-corrected chi connectivity index (χ1v) is 9.55. The molecule has 1 atom stereocenters. The summed E-state index contributed by atoms with van der Waals surface area (Å²) in [5.41, 5.74) is 1.92. The first-order chi connectivity index (χ1) is 14.2. The predicted octanol–water partition coefficient (Wildman–Crippen LogP) is 2.82. The number of amides is 1. The normalized spacial score (nSPS) is 16.6. The number of hydrogen-bond donors (Lipinski definition) is 0. The van der Waals surface area contributed by atoms with Crippen LogP contribution in [-0.4, -0.2) is 39.6 Å². The Labute approximate surface area is 166 Å². The van der Waals surface area contributed by atoms with Crippen molar-refractivity contribution in [3.8, 4) is 5.75 Å². The van der Waals surface area contributed by atoms with Crippen LogP contribution in [0.25, 0.3) is 22.0 Å². The first-order valence-electron chi connectivity index (χ1n) is 9.55. The van der Waals surface area contributed by atoms with Gasteiger partial charge in [0.2, 0.25) is 5.91 Å². The molecule has 1 amide bonds. The smallest absolute Gasteiger partial charge is 0.420 e. The number of carbonyl (C=O) groups excluding carboxylic acids is 1. The quantitative estimate of drug-likeness (QED) is 0.536. The summed E-state index contributed by atoms with van der Waals surface area (Å²) < 4.78 is 12.7. The van der Waals surface area contributed by atoms with Crippen LogP contribution in [0.5, 0.6) is 5.75 Å². The molecule has 7 heteroatoms. The average molecular weight is 389 g/mol. The summed E-state index contributed by atoms with van der Waals surface area (Å²) >= 11 is 0. The highest BCUT2D eigenvalue weighted by molar-refractivity contribution is 5.84. The van der Waals surface area contributed by atoms with Gasteiger partial charge in [0.1, 0.15) is 23.9 Å². The molecule has 0 spiro atoms. The number of carbonyl (C=O) groups is 1. The van der Waals surface area contributed by atoms with Crippen molar-refractivity contribution in [2.75, 3.05) is 13.1 Å². The molecule has 1 aliphatic heterocycles. The van der Waals surface area contributed by atoms with Gasteiger partial charge in [-0.1, -0.05) is 30.3 Å². The molecule has 1 aliphatic rings. The van der Waals surface area contributed by atoms with Gasteiger partial charge < -0.3 is 14.1 Å². The van der Waals surface area contributed by atoms with Crippen molar-refractivity contribution in [1.82, 2.24) is 14.5 Å². The minimum Gasteiger partial charge on any atom is -0.486 e. The number of hydrogen-bond acceptors (Lipinski definition) is 5. The number of pyridine rings is 1. The number of likely N-dealkylation sites (tertiary alicyclic amines) is 1. The van der Waals surface area contributed by atoms with E-state index in [9.17, 15) is 9.59 Å². The van der Waals surface area contributed by atoms with Gasteiger partial charge in [0.05, 0.1) is 12.1 Å². The Morgan fingerprint density at radius 3 is 2.93 bits per heavy atom. The standard InChI is InChI=1S/C22H19N3O4/c26-20(14-25-17-7-1-2-8-18(17)29-22(25)27)24-12-10-16(13-24)28-19-9-3-5-15-6-4-11-23-21(15)19/h1-9,11,16H,10,12-14H2. The van der Waals surface area contributed by atoms with E-state index in [-0.39, 0.29) is 18.6 Å². The molecule has 2 aromatic heterocycles. The summed E-state index contributed by atoms with van der Waals surface area (Å²) in [6, 6.07) is 16.8. The van der Waals surface area contributed by atoms with Crippen molar-refractivity contribution >= 4 is 27.9 Å². The zero-order chi connectivity index (χ0) is 19.8. The number of nitrogens with zero attached hydrogens (tertiary/aromatic N) is 3. The summed E-state index contributed by atoms with van der Waals surface area (Å²) in [5.74, 6) is 0.0774. The lowest BCUT2D eigenvalue weighted by atomic mass is 10.2. The van der Waals surface area contributed by atoms with Crippen LogP contribution in [0.15, 0.2) is 70.0 Å². The summed E-state index contributed by atoms with van der Waals surface area (Å²) in [4.78, 5) is 31.0. The largest absolute Gasteiger partial charge is 0.486 e. The molecule has 3 heterocycles. The van der Waals surface area contributed by atoms with Crippen LogP contribution in [-0.2, 0) is 11.3 Å². The van der Waals surface area contributed by atoms with E-state index < -0.39 is 5.76 Å². The summed E-state index contributed by atoms with van der Waals surface area (Å²) in [7, 11) is 0. The molecule has 0 N–H and O–H groups in total. The van der Waals surface area contributed by atoms with Crippen molar-refractivity contribution in [2.45, 2.75) is 19.1 Å². The summed E-state index contributed by atoms with van der Waals surface area (Å²) in [6.07, 6.45) is 2.37. The lowest BCUT2D eigenvalue weighted by Gasteiger charge is -2.18. The van der Waals surface area contributed by atoms with Crippen LogP contribution in [0, 0.1) is 0 Å². The van der Waals surface area contributed by atoms with Crippen molar-refractivity contribution in [1.29, 1.82) is 0 Å². The van der Waals surface area contributed by atoms with E-state index in [1.54, 1.807) is 29.3 Å². The van der Waals surface area contributed by atoms with Crippen LogP contribution in [0.3, 0.4) is 0 Å². The molecule has 0 aliphatic carbocycles. The molecule has 29 heavy (non-hydrogen) atoms. The van der Waals surface area contributed by atoms with Gasteiger partial charge in [0.25, 0.3) is 0 Å². The lowest BCUT2D eigenvalue weighted by molar-refractivity contribution is -0.131. The highest BCUT2D eigenvalue weighted by Crippen LogP contribution is 2.26. The molecule has 2 aromatic carbocycles. The Hall–Kier alpha value is -3.61. The number of benzene rings is 2. The van der Waals surface area contributed by atoms with E-state index in [1.807, 2.05) is 36.4 Å². The number of rotatable bonds is 4. The van der Waals surface area contributed by atoms with Gasteiger partial charge in [-0.15, -0.1) is 0 Å². The molecule has 0 saturated carbocycles. The topological polar surface area (TPSA) is 77.6 Å². The highest BCUT2D eigenvalue weighted by Gasteiger charge is 2.29. The van der Waals surface area contributed by atoms with E-state index in [0.29, 0.717) is 24.2 Å². The maximum atomic E-state index is 12.8. The van der Waals surface area contributed by atoms with Gasteiger partial charge in [0, 0.05) is 24.5 Å². The third-order valence-electron chi connectivity index (χ3n) is 5.25. The van der Waals surface area contributed by atoms with Gasteiger partial charge in [-0.25, -0.2) is 4.79 Å². The predicted molar refractivity (Wildman–Crippen MR) is 108 cm³/mol. The molecule has 5 rings (SSSR count). The number of oxazole rings is 1. The number of aromatic nitrogens is 2. The van der Waals surface area contributed by atoms with Gasteiger partial charge >= 0.3 is 5.76 Å². The zero-order valence-electron chi connectivity index (χ0n) is 15.7. The summed E-state index contributed by atoms with van der Waals surface area (Å²) in [5, 5.41) is 1.02. The van der Waals surface area contributed by atoms with E-state index in [1.165, 1.54) is 4.57 Å². The van der Waals surface area contributed by atoms with E-state index >= 15 is 0 Å². The van der Waals surface area contributed by atoms with E-state index in [4.69, 9.17) is 9.15 Å². The van der Waals surface area contributed by atoms with Crippen molar-refractivity contribution in [3.63, 3.8) is 0 Å². The zero-order valence-corrected chi connectivity index (χ0v) is 15.7. The molecule has 146 valence electrons. The number of para-hydroxylation sites is 3. The molecule has 1 fully saturated rings. The molecule has 0 radical (unpaired) electrons. The monoisotopic (exact) mass is 389 g/mol. The van der Waals surface area contributed by atoms with Crippen LogP contribution in [0.2, 0.25) is 0 Å². The summed E-state index contributed by atoms with van der Waals surface area (Å²) in [6.45, 7) is 1.03. The highest BCUT2D eigenvalue weighted by atomic mass is 16.5. The fourth-order valence-electron chi connectivity index (χ4n) is 3.80. The van der Waals surface area contributed by atoms with Crippen LogP contribution in [0.4, 0.5) is 0 Å². The van der Waals surface area contributed by atoms with Gasteiger partial charge in [-0.05, 0) is 24.3 Å². The maximum absolute atomic E-state index is 12.8. The van der Waals surface area contributed by atoms with E-state index in [0.717, 1.165) is 23.1 Å². The second-order valence-corrected chi connectivity index (χ2v) is 7.12. The molecule has 1 saturated heterocycles. The first kappa shape index (κ1) is 17.5. The minimum atomic E-state index is -0.520. The third-order valence-corrected chi connectivity index (χ3v) is 5.25. The van der Waals surface area contributed by atoms with Gasteiger partial charge in [-0.3, -0.25) is 14.3 Å². The molecule has 1 unspecified atom stereocenters. The van der Waals surface area contributed by atoms with Gasteiger partial charge in [0.15, 0.2) is 5.58 Å². The molecule has 7 nitrogen and oxygen atoms in total. The van der Waals surface area contributed by atoms with Crippen molar-refractivity contribution in [3.05, 3.63) is 71.3 Å². The van der Waals surface area contributed by atoms with Crippen LogP contribution < -0.4 is 10.5 Å². The second kappa shape index (κ2) is 7.09. The minimum absolute atomic E-state index is 0.0433. The SMILES string of the molecule is O=C(Cn1c(=O)oc2ccccc21)N1CCC(Oc2cccc3cccnc23)C1. The fourth-order valence-corrected chi connectivity index (χ4v) is 3.80. The van der Waals surface area contributed by atoms with Gasteiger partial charge in [-0.2, -0.15) is 0 Å². The lowest BCUT2D eigenvalue weighted by Crippen LogP contribution is -2.35. The van der Waals surface area contributed by atoms with E-state index in [2.05, 4.69) is 4.98 Å². The third kappa shape index (κ3) is 3.24. The molecular weight excluding hydrogens is 370 g/mol. The van der Waals surface area contributed by atoms with Crippen molar-refractivity contribution < 1.29 is 13.9 Å². The van der Waals surface area contributed by atoms with Crippen molar-refractivity contribution in [2.24, 2.45) is 0 Å². The Morgan fingerprint density at radius 2 is 2.00 bits per heavy atom. The Kier molecular flexibility index (Phi) is 4.27.